The summed E-state index contributed by atoms with van der Waals surface area (Å²) >= 11 is 0. The first-order valence-corrected chi connectivity index (χ1v) is 3.99. The molecule has 0 atom stereocenters. The van der Waals surface area contributed by atoms with Gasteiger partial charge in [0.2, 0.25) is 5.91 Å². The Hall–Kier alpha value is -1.05. The third kappa shape index (κ3) is 0.451. The number of carbonyl (C=O) groups is 1. The highest BCUT2D eigenvalue weighted by atomic mass is 16.2. The molecule has 1 heterocycles. The Balaban J connectivity index is 1.99. The van der Waals surface area contributed by atoms with E-state index in [-0.39, 0.29) is 11.4 Å². The van der Waals surface area contributed by atoms with Gasteiger partial charge in [0, 0.05) is 11.8 Å². The number of rotatable bonds is 0. The summed E-state index contributed by atoms with van der Waals surface area (Å²) in [4.78, 5) is 10.8. The first-order valence-electron chi connectivity index (χ1n) is 3.99. The molecular weight excluding hydrogens is 138 g/mol. The Morgan fingerprint density at radius 3 is 2.09 bits per heavy atom. The van der Waals surface area contributed by atoms with Gasteiger partial charge in [0.15, 0.2) is 0 Å². The maximum Gasteiger partial charge on any atom is 0.222 e. The van der Waals surface area contributed by atoms with E-state index in [1.54, 1.807) is 0 Å². The zero-order valence-corrected chi connectivity index (χ0v) is 6.08. The van der Waals surface area contributed by atoms with Crippen molar-refractivity contribution < 1.29 is 4.79 Å². The van der Waals surface area contributed by atoms with Crippen molar-refractivity contribution in [3.8, 4) is 0 Å². The number of hydrogen-bond donors (Lipinski definition) is 1. The van der Waals surface area contributed by atoms with Crippen LogP contribution in [-0.2, 0) is 4.79 Å². The highest BCUT2D eigenvalue weighted by Gasteiger charge is 2.56. The van der Waals surface area contributed by atoms with Gasteiger partial charge in [0.1, 0.15) is 0 Å². The zero-order valence-electron chi connectivity index (χ0n) is 6.08. The lowest BCUT2D eigenvalue weighted by molar-refractivity contribution is -0.134. The quantitative estimate of drug-likeness (QED) is 0.395. The molecule has 2 heteroatoms. The van der Waals surface area contributed by atoms with Crippen LogP contribution in [0.1, 0.15) is 6.42 Å². The molecule has 1 fully saturated rings. The molecule has 1 aliphatic heterocycles. The van der Waals surface area contributed by atoms with E-state index >= 15 is 0 Å². The number of β-lactam (4-membered cyclic amide) rings is 1. The second kappa shape index (κ2) is 1.42. The van der Waals surface area contributed by atoms with Crippen LogP contribution in [0.5, 0.6) is 0 Å². The van der Waals surface area contributed by atoms with Gasteiger partial charge in [-0.15, -0.1) is 0 Å². The minimum absolute atomic E-state index is 0.0943. The van der Waals surface area contributed by atoms with E-state index in [1.165, 1.54) is 0 Å². The lowest BCUT2D eigenvalue weighted by atomic mass is 9.76. The summed E-state index contributed by atoms with van der Waals surface area (Å²) in [5.74, 6) is 1.16. The van der Waals surface area contributed by atoms with E-state index in [0.29, 0.717) is 18.3 Å². The van der Waals surface area contributed by atoms with Gasteiger partial charge < -0.3 is 5.32 Å². The fourth-order valence-electron chi connectivity index (χ4n) is 2.43. The van der Waals surface area contributed by atoms with E-state index < -0.39 is 0 Å². The summed E-state index contributed by atoms with van der Waals surface area (Å²) in [6.45, 7) is 0. The second-order valence-electron chi connectivity index (χ2n) is 3.59. The zero-order chi connectivity index (χ0) is 7.47. The SMILES string of the molecule is O=C1CC2(N1)C1C=CC2C=C1. The molecule has 0 saturated carbocycles. The molecule has 2 aliphatic carbocycles. The average molecular weight is 147 g/mol. The molecule has 1 saturated heterocycles. The van der Waals surface area contributed by atoms with E-state index in [2.05, 4.69) is 29.6 Å². The van der Waals surface area contributed by atoms with Crippen molar-refractivity contribution >= 4 is 5.91 Å². The number of amides is 1. The fraction of sp³-hybridized carbons (Fsp3) is 0.444. The summed E-state index contributed by atoms with van der Waals surface area (Å²) in [6, 6.07) is 0. The van der Waals surface area contributed by atoms with Gasteiger partial charge in [-0.3, -0.25) is 4.79 Å². The molecule has 2 bridgehead atoms. The van der Waals surface area contributed by atoms with Crippen molar-refractivity contribution in [1.29, 1.82) is 0 Å². The van der Waals surface area contributed by atoms with Gasteiger partial charge in [-0.1, -0.05) is 24.3 Å². The third-order valence-electron chi connectivity index (χ3n) is 3.07. The van der Waals surface area contributed by atoms with Crippen LogP contribution in [0.15, 0.2) is 24.3 Å². The monoisotopic (exact) mass is 147 g/mol. The third-order valence-corrected chi connectivity index (χ3v) is 3.07. The first-order chi connectivity index (χ1) is 5.31. The molecule has 56 valence electrons. The maximum absolute atomic E-state index is 10.8. The van der Waals surface area contributed by atoms with Gasteiger partial charge in [0.25, 0.3) is 0 Å². The predicted molar refractivity (Wildman–Crippen MR) is 40.8 cm³/mol. The van der Waals surface area contributed by atoms with Crippen LogP contribution in [0.3, 0.4) is 0 Å². The minimum Gasteiger partial charge on any atom is -0.348 e. The van der Waals surface area contributed by atoms with Gasteiger partial charge in [-0.05, 0) is 0 Å². The fourth-order valence-corrected chi connectivity index (χ4v) is 2.43. The molecule has 1 spiro atoms. The molecule has 11 heavy (non-hydrogen) atoms. The van der Waals surface area contributed by atoms with Crippen LogP contribution in [0.2, 0.25) is 0 Å². The van der Waals surface area contributed by atoms with Crippen LogP contribution < -0.4 is 5.32 Å². The van der Waals surface area contributed by atoms with Crippen LogP contribution in [0.25, 0.3) is 0 Å². The lowest BCUT2D eigenvalue weighted by Gasteiger charge is -2.43. The lowest BCUT2D eigenvalue weighted by Crippen LogP contribution is -2.64. The Morgan fingerprint density at radius 2 is 1.73 bits per heavy atom. The van der Waals surface area contributed by atoms with Crippen molar-refractivity contribution in [2.45, 2.75) is 12.0 Å². The van der Waals surface area contributed by atoms with Gasteiger partial charge in [-0.2, -0.15) is 0 Å². The largest absolute Gasteiger partial charge is 0.348 e. The Labute approximate surface area is 65.0 Å². The smallest absolute Gasteiger partial charge is 0.222 e. The Kier molecular flexibility index (Phi) is 0.721. The first kappa shape index (κ1) is 5.58. The summed E-state index contributed by atoms with van der Waals surface area (Å²) in [6.07, 6.45) is 9.50. The molecule has 3 aliphatic rings. The van der Waals surface area contributed by atoms with Crippen molar-refractivity contribution in [1.82, 2.24) is 5.32 Å². The number of carbonyl (C=O) groups excluding carboxylic acids is 1. The molecular formula is C9H9NO. The highest BCUT2D eigenvalue weighted by Crippen LogP contribution is 2.48. The Morgan fingerprint density at radius 1 is 1.27 bits per heavy atom. The molecule has 2 nitrogen and oxygen atoms in total. The van der Waals surface area contributed by atoms with E-state index in [1.807, 2.05) is 0 Å². The topological polar surface area (TPSA) is 29.1 Å². The van der Waals surface area contributed by atoms with E-state index in [0.717, 1.165) is 0 Å². The van der Waals surface area contributed by atoms with Crippen molar-refractivity contribution in [2.24, 2.45) is 11.8 Å². The second-order valence-corrected chi connectivity index (χ2v) is 3.59. The molecule has 0 aromatic carbocycles. The molecule has 0 unspecified atom stereocenters. The van der Waals surface area contributed by atoms with E-state index in [9.17, 15) is 4.79 Å². The molecule has 0 aromatic heterocycles. The molecule has 1 N–H and O–H groups in total. The normalized spacial score (nSPS) is 50.0. The summed E-state index contributed by atoms with van der Waals surface area (Å²) in [7, 11) is 0. The van der Waals surface area contributed by atoms with Crippen molar-refractivity contribution in [3.05, 3.63) is 24.3 Å². The summed E-state index contributed by atoms with van der Waals surface area (Å²) in [5, 5.41) is 3.02. The molecule has 0 aromatic rings. The van der Waals surface area contributed by atoms with Crippen molar-refractivity contribution in [3.63, 3.8) is 0 Å². The van der Waals surface area contributed by atoms with Crippen LogP contribution in [-0.4, -0.2) is 11.4 Å². The van der Waals surface area contributed by atoms with Crippen LogP contribution >= 0.6 is 0 Å². The van der Waals surface area contributed by atoms with Crippen molar-refractivity contribution in [2.75, 3.05) is 0 Å². The summed E-state index contributed by atoms with van der Waals surface area (Å²) in [5.41, 5.74) is 0.0943. The average Bonchev–Trinajstić information content (AvgIpc) is 2.44. The molecule has 3 rings (SSSR count). The van der Waals surface area contributed by atoms with Gasteiger partial charge >= 0.3 is 0 Å². The Bertz CT molecular complexity index is 250. The van der Waals surface area contributed by atoms with E-state index in [4.69, 9.17) is 0 Å². The number of hydrogen-bond acceptors (Lipinski definition) is 1. The van der Waals surface area contributed by atoms with Crippen LogP contribution in [0.4, 0.5) is 0 Å². The molecule has 1 amide bonds. The summed E-state index contributed by atoms with van der Waals surface area (Å²) < 4.78 is 0. The maximum atomic E-state index is 10.8. The number of nitrogens with one attached hydrogen (secondary N) is 1. The van der Waals surface area contributed by atoms with Gasteiger partial charge in [-0.25, -0.2) is 0 Å². The highest BCUT2D eigenvalue weighted by molar-refractivity contribution is 5.86. The molecule has 0 radical (unpaired) electrons. The standard InChI is InChI=1S/C9H9NO/c11-8-5-9(10-8)6-1-2-7(9)4-3-6/h1-4,6-7H,5H2,(H,10,11). The minimum atomic E-state index is 0.0943. The van der Waals surface area contributed by atoms with Crippen LogP contribution in [0, 0.1) is 11.8 Å². The van der Waals surface area contributed by atoms with Gasteiger partial charge in [0.05, 0.1) is 12.0 Å². The predicted octanol–water partition coefficient (Wildman–Crippen LogP) is 0.617.